The second-order valence-electron chi connectivity index (χ2n) is 4.71. The van der Waals surface area contributed by atoms with Gasteiger partial charge in [0.2, 0.25) is 0 Å². The summed E-state index contributed by atoms with van der Waals surface area (Å²) in [7, 11) is 0. The predicted molar refractivity (Wildman–Crippen MR) is 65.0 cm³/mol. The summed E-state index contributed by atoms with van der Waals surface area (Å²) < 4.78 is 0. The second kappa shape index (κ2) is 4.15. The number of benzene rings is 1. The third-order valence-corrected chi connectivity index (χ3v) is 3.32. The molecule has 1 aliphatic carbocycles. The van der Waals surface area contributed by atoms with E-state index in [1.54, 1.807) is 0 Å². The van der Waals surface area contributed by atoms with Crippen molar-refractivity contribution < 1.29 is 0 Å². The van der Waals surface area contributed by atoms with Crippen molar-refractivity contribution in [1.29, 1.82) is 5.26 Å². The van der Waals surface area contributed by atoms with Gasteiger partial charge in [-0.25, -0.2) is 0 Å². The van der Waals surface area contributed by atoms with Crippen LogP contribution in [0.5, 0.6) is 0 Å². The van der Waals surface area contributed by atoms with Crippen molar-refractivity contribution in [3.05, 3.63) is 29.8 Å². The van der Waals surface area contributed by atoms with Crippen LogP contribution in [-0.4, -0.2) is 12.1 Å². The van der Waals surface area contributed by atoms with Gasteiger partial charge in [0.15, 0.2) is 0 Å². The second-order valence-corrected chi connectivity index (χ2v) is 4.71. The summed E-state index contributed by atoms with van der Waals surface area (Å²) in [5, 5.41) is 12.3. The molecule has 0 aromatic heterocycles. The fourth-order valence-corrected chi connectivity index (χ4v) is 2.04. The molecular formula is C13H17N3. The monoisotopic (exact) mass is 215 g/mol. The van der Waals surface area contributed by atoms with Crippen LogP contribution in [0, 0.1) is 17.2 Å². The lowest BCUT2D eigenvalue weighted by atomic mass is 9.95. The predicted octanol–water partition coefficient (Wildman–Crippen LogP) is 2.10. The lowest BCUT2D eigenvalue weighted by Gasteiger charge is -2.30. The van der Waals surface area contributed by atoms with E-state index in [0.29, 0.717) is 18.0 Å². The zero-order valence-corrected chi connectivity index (χ0v) is 9.53. The van der Waals surface area contributed by atoms with Crippen LogP contribution in [0.1, 0.15) is 25.3 Å². The highest BCUT2D eigenvalue weighted by atomic mass is 15.0. The van der Waals surface area contributed by atoms with Gasteiger partial charge in [-0.1, -0.05) is 6.07 Å². The number of hydrogen-bond acceptors (Lipinski definition) is 3. The molecule has 0 aliphatic heterocycles. The maximum absolute atomic E-state index is 8.84. The van der Waals surface area contributed by atoms with E-state index in [-0.39, 0.29) is 5.54 Å². The van der Waals surface area contributed by atoms with E-state index in [9.17, 15) is 0 Å². The molecule has 0 bridgehead atoms. The molecule has 16 heavy (non-hydrogen) atoms. The summed E-state index contributed by atoms with van der Waals surface area (Å²) in [4.78, 5) is 0. The molecule has 0 heterocycles. The molecule has 84 valence electrons. The number of nitrogens with one attached hydrogen (secondary N) is 1. The highest BCUT2D eigenvalue weighted by molar-refractivity contribution is 5.51. The Morgan fingerprint density at radius 2 is 2.31 bits per heavy atom. The SMILES string of the molecule is CC(CN)(Nc1cccc(C#N)c1)C1CC1. The minimum absolute atomic E-state index is 0.0337. The van der Waals surface area contributed by atoms with Gasteiger partial charge >= 0.3 is 0 Å². The average molecular weight is 215 g/mol. The van der Waals surface area contributed by atoms with Crippen molar-refractivity contribution in [1.82, 2.24) is 0 Å². The van der Waals surface area contributed by atoms with Gasteiger partial charge in [0.25, 0.3) is 0 Å². The summed E-state index contributed by atoms with van der Waals surface area (Å²) in [6, 6.07) is 9.70. The Morgan fingerprint density at radius 3 is 2.88 bits per heavy atom. The number of rotatable bonds is 4. The minimum atomic E-state index is -0.0337. The summed E-state index contributed by atoms with van der Waals surface area (Å²) in [6.07, 6.45) is 2.50. The van der Waals surface area contributed by atoms with Gasteiger partial charge in [0.1, 0.15) is 0 Å². The summed E-state index contributed by atoms with van der Waals surface area (Å²) in [5.74, 6) is 0.670. The first kappa shape index (κ1) is 11.0. The lowest BCUT2D eigenvalue weighted by Crippen LogP contribution is -2.44. The molecule has 0 amide bonds. The Balaban J connectivity index is 2.16. The van der Waals surface area contributed by atoms with Crippen molar-refractivity contribution in [3.8, 4) is 6.07 Å². The van der Waals surface area contributed by atoms with Gasteiger partial charge in [-0.05, 0) is 43.9 Å². The van der Waals surface area contributed by atoms with Crippen LogP contribution >= 0.6 is 0 Å². The number of nitriles is 1. The van der Waals surface area contributed by atoms with Gasteiger partial charge in [-0.15, -0.1) is 0 Å². The van der Waals surface area contributed by atoms with E-state index < -0.39 is 0 Å². The van der Waals surface area contributed by atoms with E-state index in [4.69, 9.17) is 11.0 Å². The Kier molecular flexibility index (Phi) is 2.84. The number of nitrogens with two attached hydrogens (primary N) is 1. The van der Waals surface area contributed by atoms with Gasteiger partial charge in [0.05, 0.1) is 11.6 Å². The first-order valence-electron chi connectivity index (χ1n) is 5.66. The van der Waals surface area contributed by atoms with Crippen LogP contribution in [0.3, 0.4) is 0 Å². The number of hydrogen-bond donors (Lipinski definition) is 2. The van der Waals surface area contributed by atoms with E-state index in [1.807, 2.05) is 24.3 Å². The van der Waals surface area contributed by atoms with Crippen LogP contribution in [0.25, 0.3) is 0 Å². The molecule has 1 fully saturated rings. The third-order valence-electron chi connectivity index (χ3n) is 3.32. The Hall–Kier alpha value is -1.53. The fourth-order valence-electron chi connectivity index (χ4n) is 2.04. The first-order chi connectivity index (χ1) is 7.68. The maximum atomic E-state index is 8.84. The van der Waals surface area contributed by atoms with E-state index in [0.717, 1.165) is 5.69 Å². The Morgan fingerprint density at radius 1 is 1.56 bits per heavy atom. The van der Waals surface area contributed by atoms with Crippen LogP contribution in [0.4, 0.5) is 5.69 Å². The van der Waals surface area contributed by atoms with Gasteiger partial charge in [-0.3, -0.25) is 0 Å². The van der Waals surface area contributed by atoms with Crippen molar-refractivity contribution in [3.63, 3.8) is 0 Å². The summed E-state index contributed by atoms with van der Waals surface area (Å²) >= 11 is 0. The van der Waals surface area contributed by atoms with Crippen LogP contribution in [0.15, 0.2) is 24.3 Å². The molecule has 1 saturated carbocycles. The highest BCUT2D eigenvalue weighted by Gasteiger charge is 2.40. The fraction of sp³-hybridized carbons (Fsp3) is 0.462. The molecule has 3 N–H and O–H groups in total. The number of nitrogens with zero attached hydrogens (tertiary/aromatic N) is 1. The minimum Gasteiger partial charge on any atom is -0.378 e. The van der Waals surface area contributed by atoms with Gasteiger partial charge < -0.3 is 11.1 Å². The summed E-state index contributed by atoms with van der Waals surface area (Å²) in [5.41, 5.74) is 7.47. The normalized spacial score (nSPS) is 18.6. The zero-order valence-electron chi connectivity index (χ0n) is 9.53. The zero-order chi connectivity index (χ0) is 11.6. The molecule has 0 saturated heterocycles. The lowest BCUT2D eigenvalue weighted by molar-refractivity contribution is 0.459. The molecule has 1 atom stereocenters. The van der Waals surface area contributed by atoms with Crippen LogP contribution < -0.4 is 11.1 Å². The standard InChI is InChI=1S/C13H17N3/c1-13(9-15,11-5-6-11)16-12-4-2-3-10(7-12)8-14/h2-4,7,11,16H,5-6,9,15H2,1H3. The molecule has 3 heteroatoms. The molecule has 1 aliphatic rings. The molecule has 0 radical (unpaired) electrons. The molecule has 2 rings (SSSR count). The van der Waals surface area contributed by atoms with Gasteiger partial charge in [0, 0.05) is 17.8 Å². The molecule has 1 aromatic rings. The molecule has 1 aromatic carbocycles. The van der Waals surface area contributed by atoms with Crippen molar-refractivity contribution in [2.75, 3.05) is 11.9 Å². The van der Waals surface area contributed by atoms with Crippen LogP contribution in [-0.2, 0) is 0 Å². The first-order valence-corrected chi connectivity index (χ1v) is 5.66. The Bertz CT molecular complexity index is 417. The molecule has 3 nitrogen and oxygen atoms in total. The topological polar surface area (TPSA) is 61.8 Å². The largest absolute Gasteiger partial charge is 0.378 e. The smallest absolute Gasteiger partial charge is 0.0992 e. The number of anilines is 1. The summed E-state index contributed by atoms with van der Waals surface area (Å²) in [6.45, 7) is 2.78. The van der Waals surface area contributed by atoms with Crippen molar-refractivity contribution in [2.24, 2.45) is 11.7 Å². The van der Waals surface area contributed by atoms with Crippen LogP contribution in [0.2, 0.25) is 0 Å². The average Bonchev–Trinajstić information content (AvgIpc) is 3.13. The molecule has 1 unspecified atom stereocenters. The van der Waals surface area contributed by atoms with Crippen molar-refractivity contribution >= 4 is 5.69 Å². The van der Waals surface area contributed by atoms with E-state index in [2.05, 4.69) is 18.3 Å². The van der Waals surface area contributed by atoms with Gasteiger partial charge in [-0.2, -0.15) is 5.26 Å². The van der Waals surface area contributed by atoms with E-state index in [1.165, 1.54) is 12.8 Å². The molecule has 0 spiro atoms. The highest BCUT2D eigenvalue weighted by Crippen LogP contribution is 2.40. The maximum Gasteiger partial charge on any atom is 0.0992 e. The quantitative estimate of drug-likeness (QED) is 0.808. The van der Waals surface area contributed by atoms with Crippen molar-refractivity contribution in [2.45, 2.75) is 25.3 Å². The Labute approximate surface area is 96.3 Å². The molecular weight excluding hydrogens is 198 g/mol. The van der Waals surface area contributed by atoms with E-state index >= 15 is 0 Å². The third kappa shape index (κ3) is 2.17.